The van der Waals surface area contributed by atoms with Gasteiger partial charge in [-0.1, -0.05) is 43.2 Å². The highest BCUT2D eigenvalue weighted by Crippen LogP contribution is 2.34. The average molecular weight is 368 g/mol. The Morgan fingerprint density at radius 1 is 1.11 bits per heavy atom. The minimum Gasteiger partial charge on any atom is -0.332 e. The number of aromatic nitrogens is 3. The molecular weight excluding hydrogens is 340 g/mol. The molecule has 1 aliphatic carbocycles. The number of nitrogens with zero attached hydrogens (tertiary/aromatic N) is 4. The van der Waals surface area contributed by atoms with Gasteiger partial charge in [0.05, 0.1) is 12.6 Å². The first-order valence-electron chi connectivity index (χ1n) is 10.1. The van der Waals surface area contributed by atoms with Crippen molar-refractivity contribution in [3.8, 4) is 0 Å². The summed E-state index contributed by atoms with van der Waals surface area (Å²) in [5.74, 6) is 1.49. The Morgan fingerprint density at radius 2 is 1.85 bits per heavy atom. The van der Waals surface area contributed by atoms with Crippen LogP contribution in [0.1, 0.15) is 62.4 Å². The van der Waals surface area contributed by atoms with E-state index in [1.807, 2.05) is 35.2 Å². The highest BCUT2D eigenvalue weighted by molar-refractivity contribution is 5.77. The number of rotatable bonds is 5. The van der Waals surface area contributed by atoms with E-state index in [-0.39, 0.29) is 17.6 Å². The molecule has 1 amide bonds. The molecule has 1 aromatic carbocycles. The van der Waals surface area contributed by atoms with Crippen LogP contribution < -0.4 is 5.69 Å². The number of amides is 1. The van der Waals surface area contributed by atoms with E-state index >= 15 is 0 Å². The molecule has 144 valence electrons. The summed E-state index contributed by atoms with van der Waals surface area (Å²) in [6.45, 7) is 1.26. The van der Waals surface area contributed by atoms with Gasteiger partial charge in [-0.05, 0) is 37.2 Å². The van der Waals surface area contributed by atoms with Crippen LogP contribution >= 0.6 is 0 Å². The third-order valence-corrected chi connectivity index (χ3v) is 6.03. The van der Waals surface area contributed by atoms with Crippen molar-refractivity contribution in [2.45, 2.75) is 57.5 Å². The van der Waals surface area contributed by atoms with Gasteiger partial charge in [-0.15, -0.1) is 0 Å². The molecule has 27 heavy (non-hydrogen) atoms. The van der Waals surface area contributed by atoms with Crippen LogP contribution in [-0.4, -0.2) is 31.7 Å². The Labute approximate surface area is 159 Å². The number of likely N-dealkylation sites (tertiary alicyclic amines) is 1. The lowest BCUT2D eigenvalue weighted by molar-refractivity contribution is -0.133. The maximum absolute atomic E-state index is 13.0. The second-order valence-corrected chi connectivity index (χ2v) is 7.94. The summed E-state index contributed by atoms with van der Waals surface area (Å²) in [5, 5.41) is 4.53. The van der Waals surface area contributed by atoms with Crippen LogP contribution in [0.5, 0.6) is 0 Å². The predicted octanol–water partition coefficient (Wildman–Crippen LogP) is 2.87. The van der Waals surface area contributed by atoms with Crippen molar-refractivity contribution in [2.75, 3.05) is 6.54 Å². The molecule has 2 aliphatic rings. The van der Waals surface area contributed by atoms with E-state index < -0.39 is 0 Å². The summed E-state index contributed by atoms with van der Waals surface area (Å²) < 4.78 is 3.14. The fraction of sp³-hybridized carbons (Fsp3) is 0.571. The van der Waals surface area contributed by atoms with E-state index in [1.54, 1.807) is 11.6 Å². The Morgan fingerprint density at radius 3 is 2.59 bits per heavy atom. The van der Waals surface area contributed by atoms with Gasteiger partial charge in [-0.25, -0.2) is 9.48 Å². The fourth-order valence-electron chi connectivity index (χ4n) is 4.60. The monoisotopic (exact) mass is 368 g/mol. The third-order valence-electron chi connectivity index (χ3n) is 6.03. The van der Waals surface area contributed by atoms with E-state index in [2.05, 4.69) is 5.10 Å². The smallest absolute Gasteiger partial charge is 0.332 e. The van der Waals surface area contributed by atoms with Gasteiger partial charge >= 0.3 is 5.69 Å². The standard InChI is InChI=1S/C21H28N4O2/c1-23-21(27)25(15-17-10-3-2-4-11-17)20(22-23)18-12-7-13-24(18)19(26)14-16-8-5-6-9-16/h2-4,10-11,16,18H,5-9,12-15H2,1H3. The lowest BCUT2D eigenvalue weighted by Gasteiger charge is -2.25. The van der Waals surface area contributed by atoms with Gasteiger partial charge < -0.3 is 4.90 Å². The van der Waals surface area contributed by atoms with Crippen LogP contribution in [-0.2, 0) is 18.4 Å². The molecule has 2 aromatic rings. The van der Waals surface area contributed by atoms with Crippen LogP contribution in [0.2, 0.25) is 0 Å². The zero-order valence-corrected chi connectivity index (χ0v) is 16.0. The summed E-state index contributed by atoms with van der Waals surface area (Å²) >= 11 is 0. The minimum absolute atomic E-state index is 0.0866. The maximum atomic E-state index is 13.0. The predicted molar refractivity (Wildman–Crippen MR) is 103 cm³/mol. The molecular formula is C21H28N4O2. The molecule has 2 fully saturated rings. The first-order chi connectivity index (χ1) is 13.1. The second-order valence-electron chi connectivity index (χ2n) is 7.94. The lowest BCUT2D eigenvalue weighted by Crippen LogP contribution is -2.34. The molecule has 0 bridgehead atoms. The van der Waals surface area contributed by atoms with Crippen molar-refractivity contribution in [3.05, 3.63) is 52.2 Å². The van der Waals surface area contributed by atoms with Crippen molar-refractivity contribution in [3.63, 3.8) is 0 Å². The molecule has 6 nitrogen and oxygen atoms in total. The number of hydrogen-bond acceptors (Lipinski definition) is 3. The topological polar surface area (TPSA) is 60.1 Å². The van der Waals surface area contributed by atoms with Gasteiger partial charge in [0.15, 0.2) is 5.82 Å². The number of hydrogen-bond donors (Lipinski definition) is 0. The van der Waals surface area contributed by atoms with Crippen LogP contribution in [0.15, 0.2) is 35.1 Å². The zero-order valence-electron chi connectivity index (χ0n) is 16.0. The van der Waals surface area contributed by atoms with Gasteiger partial charge in [0.25, 0.3) is 0 Å². The van der Waals surface area contributed by atoms with Gasteiger partial charge in [0.1, 0.15) is 0 Å². The molecule has 6 heteroatoms. The summed E-state index contributed by atoms with van der Waals surface area (Å²) in [6.07, 6.45) is 7.33. The zero-order chi connectivity index (χ0) is 18.8. The fourth-order valence-corrected chi connectivity index (χ4v) is 4.60. The van der Waals surface area contributed by atoms with Gasteiger partial charge in [0, 0.05) is 20.0 Å². The summed E-state index contributed by atoms with van der Waals surface area (Å²) in [4.78, 5) is 27.6. The molecule has 0 spiro atoms. The van der Waals surface area contributed by atoms with Gasteiger partial charge in [-0.2, -0.15) is 5.10 Å². The van der Waals surface area contributed by atoms with Gasteiger partial charge in [-0.3, -0.25) is 9.36 Å². The molecule has 2 heterocycles. The highest BCUT2D eigenvalue weighted by Gasteiger charge is 2.35. The highest BCUT2D eigenvalue weighted by atomic mass is 16.2. The van der Waals surface area contributed by atoms with Crippen molar-refractivity contribution in [1.82, 2.24) is 19.2 Å². The summed E-state index contributed by atoms with van der Waals surface area (Å²) in [5.41, 5.74) is 0.944. The molecule has 1 unspecified atom stereocenters. The first kappa shape index (κ1) is 18.0. The molecule has 1 atom stereocenters. The van der Waals surface area contributed by atoms with Crippen LogP contribution in [0.25, 0.3) is 0 Å². The van der Waals surface area contributed by atoms with Crippen LogP contribution in [0.3, 0.4) is 0 Å². The Hall–Kier alpha value is -2.37. The van der Waals surface area contributed by atoms with E-state index in [0.717, 1.165) is 30.8 Å². The van der Waals surface area contributed by atoms with Crippen molar-refractivity contribution >= 4 is 5.91 Å². The molecule has 1 aliphatic heterocycles. The van der Waals surface area contributed by atoms with Crippen LogP contribution in [0, 0.1) is 5.92 Å². The Bertz CT molecular complexity index is 849. The first-order valence-corrected chi connectivity index (χ1v) is 10.1. The van der Waals surface area contributed by atoms with E-state index in [1.165, 1.54) is 30.4 Å². The normalized spacial score (nSPS) is 20.5. The Kier molecular flexibility index (Phi) is 5.14. The van der Waals surface area contributed by atoms with Crippen molar-refractivity contribution in [1.29, 1.82) is 0 Å². The van der Waals surface area contributed by atoms with Gasteiger partial charge in [0.2, 0.25) is 5.91 Å². The molecule has 0 N–H and O–H groups in total. The number of benzene rings is 1. The molecule has 1 saturated carbocycles. The summed E-state index contributed by atoms with van der Waals surface area (Å²) in [6, 6.07) is 9.86. The van der Waals surface area contributed by atoms with Crippen molar-refractivity contribution in [2.24, 2.45) is 13.0 Å². The Balaban J connectivity index is 1.58. The molecule has 4 rings (SSSR count). The largest absolute Gasteiger partial charge is 0.346 e. The number of carbonyl (C=O) groups is 1. The van der Waals surface area contributed by atoms with Crippen molar-refractivity contribution < 1.29 is 4.79 Å². The quantitative estimate of drug-likeness (QED) is 0.815. The third kappa shape index (κ3) is 3.70. The maximum Gasteiger partial charge on any atom is 0.346 e. The molecule has 1 aromatic heterocycles. The van der Waals surface area contributed by atoms with Crippen LogP contribution in [0.4, 0.5) is 0 Å². The SMILES string of the molecule is Cn1nc(C2CCCN2C(=O)CC2CCCC2)n(Cc2ccccc2)c1=O. The minimum atomic E-state index is -0.121. The second kappa shape index (κ2) is 7.71. The molecule has 1 saturated heterocycles. The van der Waals surface area contributed by atoms with E-state index in [4.69, 9.17) is 0 Å². The summed E-state index contributed by atoms with van der Waals surface area (Å²) in [7, 11) is 1.69. The average Bonchev–Trinajstić information content (AvgIpc) is 3.40. The van der Waals surface area contributed by atoms with E-state index in [0.29, 0.717) is 18.9 Å². The lowest BCUT2D eigenvalue weighted by atomic mass is 10.0. The molecule has 0 radical (unpaired) electrons. The van der Waals surface area contributed by atoms with E-state index in [9.17, 15) is 9.59 Å². The number of carbonyl (C=O) groups excluding carboxylic acids is 1. The number of aryl methyl sites for hydroxylation is 1.